The van der Waals surface area contributed by atoms with Crippen LogP contribution >= 0.6 is 0 Å². The molecule has 2 rings (SSSR count). The van der Waals surface area contributed by atoms with Crippen molar-refractivity contribution in [1.82, 2.24) is 9.55 Å². The largest absolute Gasteiger partial charge is 0.382 e. The van der Waals surface area contributed by atoms with Gasteiger partial charge in [-0.25, -0.2) is 13.6 Å². The topological polar surface area (TPSA) is 73.3 Å². The second-order valence-electron chi connectivity index (χ2n) is 4.62. The molecule has 6 nitrogen and oxygen atoms in total. The number of nitrogens with zero attached hydrogens (tertiary/aromatic N) is 1. The zero-order chi connectivity index (χ0) is 14.9. The highest BCUT2D eigenvalue weighted by atomic mass is 19.1. The normalized spacial score (nSPS) is 29.8. The molecule has 1 N–H and O–H groups in total. The monoisotopic (exact) mass is 294 g/mol. The van der Waals surface area contributed by atoms with E-state index in [4.69, 9.17) is 9.47 Å². The molecule has 3 atom stereocenters. The lowest BCUT2D eigenvalue weighted by atomic mass is 10.0. The summed E-state index contributed by atoms with van der Waals surface area (Å²) in [4.78, 5) is 24.2. The third-order valence-electron chi connectivity index (χ3n) is 3.10. The van der Waals surface area contributed by atoms with Crippen LogP contribution in [0.2, 0.25) is 0 Å². The van der Waals surface area contributed by atoms with Crippen molar-refractivity contribution in [2.45, 2.75) is 24.4 Å². The van der Waals surface area contributed by atoms with Crippen LogP contribution in [-0.2, 0) is 9.47 Å². The molecule has 0 bridgehead atoms. The van der Waals surface area contributed by atoms with Gasteiger partial charge in [0.05, 0.1) is 12.8 Å². The Balaban J connectivity index is 2.37. The maximum atomic E-state index is 14.0. The number of nitrogens with one attached hydrogen (secondary N) is 1. The lowest BCUT2D eigenvalue weighted by Crippen LogP contribution is -2.39. The van der Waals surface area contributed by atoms with Crippen molar-refractivity contribution in [1.29, 1.82) is 0 Å². The summed E-state index contributed by atoms with van der Waals surface area (Å²) in [5, 5.41) is 0. The molecule has 1 fully saturated rings. The molecular formula is C11H13F3N2O4. The summed E-state index contributed by atoms with van der Waals surface area (Å²) < 4.78 is 50.8. The molecule has 0 amide bonds. The summed E-state index contributed by atoms with van der Waals surface area (Å²) >= 11 is 0. The van der Waals surface area contributed by atoms with Gasteiger partial charge < -0.3 is 9.47 Å². The van der Waals surface area contributed by atoms with Crippen LogP contribution in [0.25, 0.3) is 0 Å². The van der Waals surface area contributed by atoms with Gasteiger partial charge in [0, 0.05) is 13.5 Å². The van der Waals surface area contributed by atoms with Crippen LogP contribution in [-0.4, -0.2) is 41.7 Å². The van der Waals surface area contributed by atoms with E-state index in [1.807, 2.05) is 0 Å². The average molecular weight is 294 g/mol. The molecule has 0 unspecified atom stereocenters. The van der Waals surface area contributed by atoms with Crippen molar-refractivity contribution >= 4 is 0 Å². The molecule has 1 saturated heterocycles. The fourth-order valence-electron chi connectivity index (χ4n) is 2.20. The van der Waals surface area contributed by atoms with Crippen LogP contribution in [0.1, 0.15) is 12.6 Å². The standard InChI is InChI=1S/C11H13F3N2O4/c1-19-5-11(4-12)2-6(13)9(20-11)16-3-7(14)8(17)15-10(16)18/h3,6,9H,2,4-5H2,1H3,(H,15,17,18)/t6-,9-,11-/m1/s1. The summed E-state index contributed by atoms with van der Waals surface area (Å²) in [7, 11) is 1.30. The van der Waals surface area contributed by atoms with Crippen LogP contribution in [0.4, 0.5) is 13.2 Å². The zero-order valence-electron chi connectivity index (χ0n) is 10.6. The number of aromatic nitrogens is 2. The molecule has 1 aliphatic rings. The van der Waals surface area contributed by atoms with Crippen molar-refractivity contribution in [2.75, 3.05) is 20.4 Å². The van der Waals surface area contributed by atoms with Gasteiger partial charge in [0.25, 0.3) is 5.56 Å². The third kappa shape index (κ3) is 2.50. The van der Waals surface area contributed by atoms with Gasteiger partial charge in [-0.1, -0.05) is 0 Å². The molecule has 1 aromatic rings. The maximum Gasteiger partial charge on any atom is 0.330 e. The fourth-order valence-corrected chi connectivity index (χ4v) is 2.20. The average Bonchev–Trinajstić information content (AvgIpc) is 2.72. The Morgan fingerprint density at radius 1 is 1.60 bits per heavy atom. The van der Waals surface area contributed by atoms with Gasteiger partial charge in [0.15, 0.2) is 6.23 Å². The van der Waals surface area contributed by atoms with Gasteiger partial charge in [0.2, 0.25) is 5.82 Å². The summed E-state index contributed by atoms with van der Waals surface area (Å²) in [6.45, 7) is -1.22. The molecule has 20 heavy (non-hydrogen) atoms. The lowest BCUT2D eigenvalue weighted by molar-refractivity contribution is -0.121. The van der Waals surface area contributed by atoms with E-state index in [1.54, 1.807) is 4.98 Å². The van der Waals surface area contributed by atoms with Crippen molar-refractivity contribution in [2.24, 2.45) is 0 Å². The Bertz CT molecular complexity index is 602. The number of halogens is 3. The minimum Gasteiger partial charge on any atom is -0.382 e. The number of hydrogen-bond acceptors (Lipinski definition) is 4. The first-order valence-corrected chi connectivity index (χ1v) is 5.80. The van der Waals surface area contributed by atoms with Crippen LogP contribution in [0, 0.1) is 5.82 Å². The highest BCUT2D eigenvalue weighted by Crippen LogP contribution is 2.38. The molecule has 0 aliphatic carbocycles. The minimum absolute atomic E-state index is 0.207. The summed E-state index contributed by atoms with van der Waals surface area (Å²) in [5.74, 6) is -1.26. The van der Waals surface area contributed by atoms with Gasteiger partial charge in [-0.3, -0.25) is 14.3 Å². The Kier molecular flexibility index (Phi) is 4.00. The Labute approximate surface area is 111 Å². The van der Waals surface area contributed by atoms with E-state index in [9.17, 15) is 22.8 Å². The van der Waals surface area contributed by atoms with Crippen molar-refractivity contribution in [3.05, 3.63) is 32.9 Å². The van der Waals surface area contributed by atoms with E-state index in [-0.39, 0.29) is 13.0 Å². The highest BCUT2D eigenvalue weighted by molar-refractivity contribution is 4.96. The number of rotatable bonds is 4. The molecule has 9 heteroatoms. The Morgan fingerprint density at radius 3 is 2.90 bits per heavy atom. The van der Waals surface area contributed by atoms with E-state index >= 15 is 0 Å². The number of methoxy groups -OCH3 is 1. The number of ether oxygens (including phenoxy) is 2. The zero-order valence-corrected chi connectivity index (χ0v) is 10.6. The molecule has 0 aromatic carbocycles. The van der Waals surface area contributed by atoms with Crippen LogP contribution in [0.3, 0.4) is 0 Å². The van der Waals surface area contributed by atoms with Crippen molar-refractivity contribution < 1.29 is 22.6 Å². The van der Waals surface area contributed by atoms with Crippen molar-refractivity contribution in [3.8, 4) is 0 Å². The molecular weight excluding hydrogens is 281 g/mol. The molecule has 1 aliphatic heterocycles. The number of hydrogen-bond donors (Lipinski definition) is 1. The van der Waals surface area contributed by atoms with Crippen LogP contribution in [0.15, 0.2) is 15.8 Å². The van der Waals surface area contributed by atoms with Crippen LogP contribution in [0.5, 0.6) is 0 Å². The number of H-pyrrole nitrogens is 1. The van der Waals surface area contributed by atoms with E-state index in [2.05, 4.69) is 0 Å². The minimum atomic E-state index is -1.73. The van der Waals surface area contributed by atoms with Gasteiger partial charge in [0.1, 0.15) is 18.4 Å². The van der Waals surface area contributed by atoms with Gasteiger partial charge in [-0.15, -0.1) is 0 Å². The van der Waals surface area contributed by atoms with E-state index in [0.717, 1.165) is 0 Å². The number of alkyl halides is 2. The second-order valence-corrected chi connectivity index (χ2v) is 4.62. The van der Waals surface area contributed by atoms with E-state index < -0.39 is 41.7 Å². The first-order chi connectivity index (χ1) is 9.42. The SMILES string of the molecule is COC[C@]1(CF)C[C@@H](F)[C@H](n2cc(F)c(=O)[nH]c2=O)O1. The first-order valence-electron chi connectivity index (χ1n) is 5.80. The molecule has 0 saturated carbocycles. The first kappa shape index (κ1) is 14.8. The molecule has 2 heterocycles. The molecule has 0 radical (unpaired) electrons. The molecule has 112 valence electrons. The Hall–Kier alpha value is -1.61. The predicted octanol–water partition coefficient (Wildman–Crippen LogP) is 0.287. The third-order valence-corrected chi connectivity index (χ3v) is 3.10. The summed E-state index contributed by atoms with van der Waals surface area (Å²) in [6, 6.07) is 0. The van der Waals surface area contributed by atoms with Gasteiger partial charge in [-0.2, -0.15) is 4.39 Å². The van der Waals surface area contributed by atoms with Gasteiger partial charge >= 0.3 is 5.69 Å². The smallest absolute Gasteiger partial charge is 0.330 e. The van der Waals surface area contributed by atoms with E-state index in [1.165, 1.54) is 7.11 Å². The second kappa shape index (κ2) is 5.41. The van der Waals surface area contributed by atoms with Crippen molar-refractivity contribution in [3.63, 3.8) is 0 Å². The van der Waals surface area contributed by atoms with Crippen LogP contribution < -0.4 is 11.2 Å². The highest BCUT2D eigenvalue weighted by Gasteiger charge is 2.48. The predicted molar refractivity (Wildman–Crippen MR) is 61.5 cm³/mol. The molecule has 1 aromatic heterocycles. The lowest BCUT2D eigenvalue weighted by Gasteiger charge is -2.25. The Morgan fingerprint density at radius 2 is 2.30 bits per heavy atom. The summed E-state index contributed by atoms with van der Waals surface area (Å²) in [5.41, 5.74) is -3.77. The summed E-state index contributed by atoms with van der Waals surface area (Å²) in [6.07, 6.45) is -3.04. The molecule has 0 spiro atoms. The van der Waals surface area contributed by atoms with Gasteiger partial charge in [-0.05, 0) is 0 Å². The number of aromatic amines is 1. The maximum absolute atomic E-state index is 14.0. The quantitative estimate of drug-likeness (QED) is 0.866. The fraction of sp³-hybridized carbons (Fsp3) is 0.636. The van der Waals surface area contributed by atoms with E-state index in [0.29, 0.717) is 10.8 Å².